The van der Waals surface area contributed by atoms with Gasteiger partial charge in [0, 0.05) is 30.8 Å². The standard InChI is InChI=1S/C17H29NO3.C9H12O2/c1-13-17(19)6-5-16(20-9-10-21-16)12-15(17,2)7-8-18(13)11-14-3-4-14;1-6-4-5-8(10)9(11-3)7(6)2/h13-14,19H,3-12H2,1-2H3;4-5,10H,1-3H3/t13?,15-,17?;/m1./s1. The first-order valence-corrected chi connectivity index (χ1v) is 12.2. The molecule has 2 N–H and O–H groups in total. The Morgan fingerprint density at radius 2 is 1.81 bits per heavy atom. The number of phenols is 1. The smallest absolute Gasteiger partial charge is 0.169 e. The minimum atomic E-state index is -0.597. The molecule has 2 aliphatic heterocycles. The first-order chi connectivity index (χ1) is 15.1. The molecule has 6 heteroatoms. The molecule has 2 unspecified atom stereocenters. The molecular weight excluding hydrogens is 406 g/mol. The summed E-state index contributed by atoms with van der Waals surface area (Å²) in [6, 6.07) is 3.75. The van der Waals surface area contributed by atoms with E-state index in [1.165, 1.54) is 19.4 Å². The summed E-state index contributed by atoms with van der Waals surface area (Å²) in [6.07, 6.45) is 6.28. The van der Waals surface area contributed by atoms with Crippen molar-refractivity contribution < 1.29 is 24.4 Å². The summed E-state index contributed by atoms with van der Waals surface area (Å²) in [4.78, 5) is 2.54. The molecular formula is C26H41NO5. The molecule has 4 aliphatic rings. The monoisotopic (exact) mass is 447 g/mol. The molecule has 6 nitrogen and oxygen atoms in total. The van der Waals surface area contributed by atoms with E-state index < -0.39 is 11.4 Å². The molecule has 32 heavy (non-hydrogen) atoms. The third kappa shape index (κ3) is 4.27. The summed E-state index contributed by atoms with van der Waals surface area (Å²) in [5.74, 6) is 1.26. The van der Waals surface area contributed by atoms with Crippen LogP contribution in [0.2, 0.25) is 0 Å². The molecule has 2 aliphatic carbocycles. The number of aliphatic hydroxyl groups is 1. The van der Waals surface area contributed by atoms with Crippen LogP contribution in [0, 0.1) is 25.2 Å². The number of likely N-dealkylation sites (tertiary alicyclic amines) is 1. The van der Waals surface area contributed by atoms with Gasteiger partial charge < -0.3 is 24.4 Å². The van der Waals surface area contributed by atoms with Crippen LogP contribution in [0.3, 0.4) is 0 Å². The van der Waals surface area contributed by atoms with Gasteiger partial charge in [-0.1, -0.05) is 13.0 Å². The quantitative estimate of drug-likeness (QED) is 0.725. The molecule has 2 saturated carbocycles. The number of fused-ring (bicyclic) bond motifs is 1. The molecule has 5 rings (SSSR count). The van der Waals surface area contributed by atoms with Crippen molar-refractivity contribution in [3.05, 3.63) is 23.3 Å². The van der Waals surface area contributed by atoms with Gasteiger partial charge >= 0.3 is 0 Å². The largest absolute Gasteiger partial charge is 0.504 e. The number of benzene rings is 1. The fourth-order valence-electron chi connectivity index (χ4n) is 6.08. The highest BCUT2D eigenvalue weighted by Crippen LogP contribution is 2.57. The summed E-state index contributed by atoms with van der Waals surface area (Å²) in [6.45, 7) is 12.1. The third-order valence-corrected chi connectivity index (χ3v) is 8.64. The zero-order valence-electron chi connectivity index (χ0n) is 20.4. The molecule has 0 bridgehead atoms. The number of phenolic OH excluding ortho intramolecular Hbond substituents is 1. The van der Waals surface area contributed by atoms with Crippen LogP contribution in [0.1, 0.15) is 63.5 Å². The minimum Gasteiger partial charge on any atom is -0.504 e. The zero-order valence-corrected chi connectivity index (χ0v) is 20.4. The van der Waals surface area contributed by atoms with Crippen molar-refractivity contribution >= 4 is 0 Å². The Balaban J connectivity index is 0.000000189. The summed E-state index contributed by atoms with van der Waals surface area (Å²) in [5.41, 5.74) is 1.43. The lowest BCUT2D eigenvalue weighted by atomic mass is 9.56. The lowest BCUT2D eigenvalue weighted by molar-refractivity contribution is -0.272. The predicted octanol–water partition coefficient (Wildman–Crippen LogP) is 4.17. The van der Waals surface area contributed by atoms with Gasteiger partial charge in [0.05, 0.1) is 25.9 Å². The first kappa shape index (κ1) is 23.8. The van der Waals surface area contributed by atoms with Crippen molar-refractivity contribution in [1.82, 2.24) is 4.90 Å². The second-order valence-corrected chi connectivity index (χ2v) is 10.7. The number of ether oxygens (including phenoxy) is 3. The number of aryl methyl sites for hydroxylation is 1. The molecule has 1 aromatic rings. The molecule has 1 aromatic carbocycles. The number of hydrogen-bond donors (Lipinski definition) is 2. The maximum Gasteiger partial charge on any atom is 0.169 e. The van der Waals surface area contributed by atoms with E-state index in [9.17, 15) is 10.2 Å². The van der Waals surface area contributed by atoms with Crippen molar-refractivity contribution in [1.29, 1.82) is 0 Å². The molecule has 4 fully saturated rings. The van der Waals surface area contributed by atoms with Crippen LogP contribution in [0.15, 0.2) is 12.1 Å². The Kier molecular flexibility index (Phi) is 6.54. The van der Waals surface area contributed by atoms with Crippen molar-refractivity contribution in [3.8, 4) is 11.5 Å². The Labute approximate surface area is 192 Å². The van der Waals surface area contributed by atoms with Gasteiger partial charge in [0.1, 0.15) is 0 Å². The van der Waals surface area contributed by atoms with Crippen LogP contribution in [-0.2, 0) is 9.47 Å². The highest BCUT2D eigenvalue weighted by atomic mass is 16.7. The molecule has 3 atom stereocenters. The van der Waals surface area contributed by atoms with Gasteiger partial charge in [0.2, 0.25) is 0 Å². The van der Waals surface area contributed by atoms with Gasteiger partial charge in [-0.25, -0.2) is 0 Å². The average molecular weight is 448 g/mol. The highest BCUT2D eigenvalue weighted by Gasteiger charge is 2.62. The Morgan fingerprint density at radius 1 is 1.12 bits per heavy atom. The summed E-state index contributed by atoms with van der Waals surface area (Å²) < 4.78 is 16.9. The maximum absolute atomic E-state index is 11.5. The summed E-state index contributed by atoms with van der Waals surface area (Å²) in [7, 11) is 1.56. The van der Waals surface area contributed by atoms with Crippen LogP contribution >= 0.6 is 0 Å². The zero-order chi connectivity index (χ0) is 23.1. The van der Waals surface area contributed by atoms with E-state index in [2.05, 4.69) is 18.7 Å². The second kappa shape index (κ2) is 8.79. The number of piperidine rings is 1. The van der Waals surface area contributed by atoms with Crippen molar-refractivity contribution in [2.24, 2.45) is 11.3 Å². The summed E-state index contributed by atoms with van der Waals surface area (Å²) in [5, 5.41) is 20.8. The minimum absolute atomic E-state index is 0.0882. The third-order valence-electron chi connectivity index (χ3n) is 8.64. The number of aromatic hydroxyl groups is 1. The van der Waals surface area contributed by atoms with Crippen molar-refractivity contribution in [2.75, 3.05) is 33.4 Å². The Hall–Kier alpha value is -1.34. The Bertz CT molecular complexity index is 819. The molecule has 0 amide bonds. The molecule has 0 radical (unpaired) electrons. The maximum atomic E-state index is 11.5. The summed E-state index contributed by atoms with van der Waals surface area (Å²) >= 11 is 0. The van der Waals surface area contributed by atoms with Gasteiger partial charge in [-0.05, 0) is 76.1 Å². The lowest BCUT2D eigenvalue weighted by Crippen LogP contribution is -2.69. The van der Waals surface area contributed by atoms with E-state index in [-0.39, 0.29) is 17.2 Å². The van der Waals surface area contributed by atoms with Crippen molar-refractivity contribution in [3.63, 3.8) is 0 Å². The van der Waals surface area contributed by atoms with Crippen LogP contribution in [0.5, 0.6) is 11.5 Å². The van der Waals surface area contributed by atoms with Gasteiger partial charge in [-0.3, -0.25) is 4.90 Å². The number of nitrogens with zero attached hydrogens (tertiary/aromatic N) is 1. The lowest BCUT2D eigenvalue weighted by Gasteiger charge is -2.61. The normalized spacial score (nSPS) is 34.0. The van der Waals surface area contributed by atoms with E-state index in [1.54, 1.807) is 13.2 Å². The molecule has 180 valence electrons. The van der Waals surface area contributed by atoms with Gasteiger partial charge in [-0.15, -0.1) is 0 Å². The molecule has 0 aromatic heterocycles. The Morgan fingerprint density at radius 3 is 2.41 bits per heavy atom. The number of hydrogen-bond acceptors (Lipinski definition) is 6. The van der Waals surface area contributed by atoms with E-state index in [0.717, 1.165) is 49.3 Å². The number of methoxy groups -OCH3 is 1. The van der Waals surface area contributed by atoms with Gasteiger partial charge in [0.25, 0.3) is 0 Å². The first-order valence-electron chi connectivity index (χ1n) is 12.2. The molecule has 1 spiro atoms. The fourth-order valence-corrected chi connectivity index (χ4v) is 6.08. The number of rotatable bonds is 3. The predicted molar refractivity (Wildman–Crippen MR) is 124 cm³/mol. The molecule has 2 heterocycles. The van der Waals surface area contributed by atoms with Crippen LogP contribution in [-0.4, -0.2) is 66.0 Å². The van der Waals surface area contributed by atoms with Crippen LogP contribution < -0.4 is 4.74 Å². The fraction of sp³-hybridized carbons (Fsp3) is 0.769. The highest BCUT2D eigenvalue weighted by molar-refractivity contribution is 5.48. The van der Waals surface area contributed by atoms with Crippen LogP contribution in [0.4, 0.5) is 0 Å². The van der Waals surface area contributed by atoms with E-state index in [4.69, 9.17) is 14.2 Å². The SMILES string of the molecule is CC1N(CC2CC2)CC[C@]2(C)CC3(CCC12O)OCCO3.COc1c(O)ccc(C)c1C. The van der Waals surface area contributed by atoms with Crippen LogP contribution in [0.25, 0.3) is 0 Å². The second-order valence-electron chi connectivity index (χ2n) is 10.7. The van der Waals surface area contributed by atoms with Gasteiger partial charge in [-0.2, -0.15) is 0 Å². The van der Waals surface area contributed by atoms with E-state index in [1.807, 2.05) is 19.9 Å². The molecule has 2 saturated heterocycles. The van der Waals surface area contributed by atoms with Crippen molar-refractivity contribution in [2.45, 2.75) is 83.6 Å². The van der Waals surface area contributed by atoms with Gasteiger partial charge in [0.15, 0.2) is 17.3 Å². The van der Waals surface area contributed by atoms with E-state index >= 15 is 0 Å². The topological polar surface area (TPSA) is 71.4 Å². The average Bonchev–Trinajstić information content (AvgIpc) is 3.48. The van der Waals surface area contributed by atoms with E-state index in [0.29, 0.717) is 19.0 Å².